The Morgan fingerprint density at radius 2 is 1.91 bits per heavy atom. The van der Waals surface area contributed by atoms with Crippen LogP contribution in [0.25, 0.3) is 0 Å². The summed E-state index contributed by atoms with van der Waals surface area (Å²) in [5, 5.41) is 10.2. The summed E-state index contributed by atoms with van der Waals surface area (Å²) >= 11 is 0. The molecule has 0 fully saturated rings. The number of aliphatic hydroxyl groups is 1. The summed E-state index contributed by atoms with van der Waals surface area (Å²) in [5.74, 6) is 0.414. The molecule has 4 nitrogen and oxygen atoms in total. The molecule has 0 aliphatic heterocycles. The number of hydrogen-bond acceptors (Lipinski definition) is 4. The second-order valence-electron chi connectivity index (χ2n) is 7.43. The van der Waals surface area contributed by atoms with Crippen LogP contribution in [-0.2, 0) is 14.3 Å². The summed E-state index contributed by atoms with van der Waals surface area (Å²) in [7, 11) is 0. The van der Waals surface area contributed by atoms with Gasteiger partial charge in [-0.3, -0.25) is 9.59 Å². The predicted octanol–water partition coefficient (Wildman–Crippen LogP) is 4.02. The fourth-order valence-electron chi connectivity index (χ4n) is 3.40. The van der Waals surface area contributed by atoms with Crippen LogP contribution in [0, 0.1) is 17.3 Å². The largest absolute Gasteiger partial charge is 0.436 e. The second-order valence-corrected chi connectivity index (χ2v) is 7.43. The third-order valence-electron chi connectivity index (χ3n) is 5.27. The smallest absolute Gasteiger partial charge is 0.304 e. The summed E-state index contributed by atoms with van der Waals surface area (Å²) < 4.78 is 4.99. The molecule has 0 aromatic carbocycles. The van der Waals surface area contributed by atoms with Crippen LogP contribution >= 0.6 is 0 Å². The number of Topliss-reactive ketones (excluding diaryl/α,β-unsaturated/α-hetero) is 1. The van der Waals surface area contributed by atoms with Crippen LogP contribution in [0.1, 0.15) is 73.6 Å². The van der Waals surface area contributed by atoms with Crippen LogP contribution in [0.3, 0.4) is 0 Å². The molecule has 1 rings (SSSR count). The van der Waals surface area contributed by atoms with Crippen molar-refractivity contribution in [2.45, 2.75) is 79.9 Å². The molecule has 0 saturated carbocycles. The summed E-state index contributed by atoms with van der Waals surface area (Å²) in [4.78, 5) is 23.2. The van der Waals surface area contributed by atoms with E-state index in [4.69, 9.17) is 4.74 Å². The number of ketones is 1. The molecule has 0 aromatic heterocycles. The Balaban J connectivity index is 2.78. The quantitative estimate of drug-likeness (QED) is 0.541. The van der Waals surface area contributed by atoms with E-state index in [-0.39, 0.29) is 5.92 Å². The molecule has 0 aromatic rings. The normalized spacial score (nSPS) is 20.6. The summed E-state index contributed by atoms with van der Waals surface area (Å²) in [6.07, 6.45) is 2.77. The zero-order chi connectivity index (χ0) is 17.8. The van der Waals surface area contributed by atoms with Crippen molar-refractivity contribution >= 4 is 11.8 Å². The van der Waals surface area contributed by atoms with Gasteiger partial charge in [0.15, 0.2) is 5.78 Å². The number of carbonyl (C=O) groups excluding carboxylic acids is 2. The molecular weight excluding hydrogens is 292 g/mol. The predicted molar refractivity (Wildman–Crippen MR) is 90.7 cm³/mol. The maximum Gasteiger partial charge on any atom is 0.304 e. The van der Waals surface area contributed by atoms with Crippen LogP contribution in [0.15, 0.2) is 11.1 Å². The first-order valence-corrected chi connectivity index (χ1v) is 8.73. The first-order chi connectivity index (χ1) is 10.6. The second kappa shape index (κ2) is 8.09. The van der Waals surface area contributed by atoms with E-state index in [9.17, 15) is 14.7 Å². The van der Waals surface area contributed by atoms with Crippen molar-refractivity contribution in [2.24, 2.45) is 17.3 Å². The number of rotatable bonds is 8. The Kier molecular flexibility index (Phi) is 7.00. The van der Waals surface area contributed by atoms with Gasteiger partial charge in [-0.1, -0.05) is 40.2 Å². The minimum absolute atomic E-state index is 0.270. The third kappa shape index (κ3) is 4.90. The number of aliphatic hydroxyl groups excluding tert-OH is 1. The third-order valence-corrected chi connectivity index (χ3v) is 5.27. The van der Waals surface area contributed by atoms with Gasteiger partial charge < -0.3 is 9.84 Å². The summed E-state index contributed by atoms with van der Waals surface area (Å²) in [5.41, 5.74) is 1.84. The zero-order valence-electron chi connectivity index (χ0n) is 15.4. The SMILES string of the molecule is CCC(C)(CC[C@@H](C)C1=C(C(C)C)C(=O)CC1)C(O)OC(C)=O. The molecule has 1 aliphatic carbocycles. The molecule has 1 aliphatic rings. The lowest BCUT2D eigenvalue weighted by molar-refractivity contribution is -0.190. The average molecular weight is 324 g/mol. The molecule has 1 N–H and O–H groups in total. The van der Waals surface area contributed by atoms with Crippen LogP contribution in [-0.4, -0.2) is 23.1 Å². The van der Waals surface area contributed by atoms with Gasteiger partial charge in [-0.25, -0.2) is 0 Å². The van der Waals surface area contributed by atoms with Gasteiger partial charge in [0.2, 0.25) is 6.29 Å². The maximum atomic E-state index is 12.1. The molecule has 0 saturated heterocycles. The van der Waals surface area contributed by atoms with Gasteiger partial charge in [0.05, 0.1) is 0 Å². The highest BCUT2D eigenvalue weighted by molar-refractivity contribution is 5.99. The topological polar surface area (TPSA) is 63.6 Å². The standard InChI is InChI=1S/C19H32O4/c1-7-19(6,18(22)23-14(5)20)11-10-13(4)15-8-9-16(21)17(15)12(2)3/h12-13,18,22H,7-11H2,1-6H3/t13-,18?,19?/m1/s1. The van der Waals surface area contributed by atoms with E-state index in [0.717, 1.165) is 31.3 Å². The van der Waals surface area contributed by atoms with Gasteiger partial charge in [-0.05, 0) is 43.1 Å². The molecule has 0 spiro atoms. The number of hydrogen-bond donors (Lipinski definition) is 1. The molecule has 0 bridgehead atoms. The highest BCUT2D eigenvalue weighted by Gasteiger charge is 2.35. The summed E-state index contributed by atoms with van der Waals surface area (Å²) in [6.45, 7) is 11.6. The zero-order valence-corrected chi connectivity index (χ0v) is 15.4. The molecule has 132 valence electrons. The van der Waals surface area contributed by atoms with E-state index in [1.165, 1.54) is 12.5 Å². The Morgan fingerprint density at radius 1 is 1.30 bits per heavy atom. The van der Waals surface area contributed by atoms with Gasteiger partial charge >= 0.3 is 5.97 Å². The lowest BCUT2D eigenvalue weighted by Gasteiger charge is -2.33. The first-order valence-electron chi connectivity index (χ1n) is 8.73. The van der Waals surface area contributed by atoms with Crippen LogP contribution in [0.2, 0.25) is 0 Å². The van der Waals surface area contributed by atoms with Crippen molar-refractivity contribution in [1.82, 2.24) is 0 Å². The number of allylic oxidation sites excluding steroid dienone is 2. The van der Waals surface area contributed by atoms with Crippen molar-refractivity contribution in [3.8, 4) is 0 Å². The molecular formula is C19H32O4. The average Bonchev–Trinajstić information content (AvgIpc) is 2.85. The lowest BCUT2D eigenvalue weighted by atomic mass is 9.78. The van der Waals surface area contributed by atoms with E-state index < -0.39 is 17.7 Å². The molecule has 2 unspecified atom stereocenters. The molecule has 4 heteroatoms. The van der Waals surface area contributed by atoms with Crippen LogP contribution < -0.4 is 0 Å². The summed E-state index contributed by atoms with van der Waals surface area (Å²) in [6, 6.07) is 0. The highest BCUT2D eigenvalue weighted by Crippen LogP contribution is 2.39. The van der Waals surface area contributed by atoms with Crippen molar-refractivity contribution in [2.75, 3.05) is 0 Å². The monoisotopic (exact) mass is 324 g/mol. The van der Waals surface area contributed by atoms with Gasteiger partial charge in [0.1, 0.15) is 0 Å². The first kappa shape index (κ1) is 19.9. The van der Waals surface area contributed by atoms with Gasteiger partial charge in [-0.15, -0.1) is 0 Å². The van der Waals surface area contributed by atoms with Gasteiger partial charge in [-0.2, -0.15) is 0 Å². The van der Waals surface area contributed by atoms with E-state index in [1.807, 2.05) is 13.8 Å². The van der Waals surface area contributed by atoms with Crippen LogP contribution in [0.5, 0.6) is 0 Å². The Morgan fingerprint density at radius 3 is 2.39 bits per heavy atom. The van der Waals surface area contributed by atoms with E-state index in [1.54, 1.807) is 0 Å². The fourth-order valence-corrected chi connectivity index (χ4v) is 3.40. The lowest BCUT2D eigenvalue weighted by Crippen LogP contribution is -2.35. The Bertz CT molecular complexity index is 478. The van der Waals surface area contributed by atoms with E-state index >= 15 is 0 Å². The number of esters is 1. The van der Waals surface area contributed by atoms with E-state index in [0.29, 0.717) is 18.1 Å². The fraction of sp³-hybridized carbons (Fsp3) is 0.789. The highest BCUT2D eigenvalue weighted by atomic mass is 16.6. The molecule has 3 atom stereocenters. The molecule has 23 heavy (non-hydrogen) atoms. The number of ether oxygens (including phenoxy) is 1. The van der Waals surface area contributed by atoms with Crippen molar-refractivity contribution < 1.29 is 19.4 Å². The Labute approximate surface area is 140 Å². The van der Waals surface area contributed by atoms with Crippen molar-refractivity contribution in [1.29, 1.82) is 0 Å². The maximum absolute atomic E-state index is 12.1. The minimum atomic E-state index is -1.08. The number of carbonyl (C=O) groups is 2. The van der Waals surface area contributed by atoms with Crippen molar-refractivity contribution in [3.63, 3.8) is 0 Å². The molecule has 0 radical (unpaired) electrons. The van der Waals surface area contributed by atoms with E-state index in [2.05, 4.69) is 20.8 Å². The van der Waals surface area contributed by atoms with Crippen LogP contribution in [0.4, 0.5) is 0 Å². The van der Waals surface area contributed by atoms with Crippen molar-refractivity contribution in [3.05, 3.63) is 11.1 Å². The van der Waals surface area contributed by atoms with Gasteiger partial charge in [0, 0.05) is 18.8 Å². The Hall–Kier alpha value is -1.16. The molecule has 0 amide bonds. The molecule has 0 heterocycles. The van der Waals surface area contributed by atoms with Gasteiger partial charge in [0.25, 0.3) is 0 Å². The minimum Gasteiger partial charge on any atom is -0.436 e.